The van der Waals surface area contributed by atoms with Gasteiger partial charge in [0.1, 0.15) is 35.2 Å². The van der Waals surface area contributed by atoms with Crippen molar-refractivity contribution in [3.63, 3.8) is 0 Å². The Balaban J connectivity index is 1.55. The van der Waals surface area contributed by atoms with Gasteiger partial charge in [0.15, 0.2) is 5.16 Å². The van der Waals surface area contributed by atoms with Crippen LogP contribution in [0.5, 0.6) is 5.75 Å². The lowest BCUT2D eigenvalue weighted by Gasteiger charge is -2.11. The summed E-state index contributed by atoms with van der Waals surface area (Å²) < 4.78 is 11.5. The zero-order valence-electron chi connectivity index (χ0n) is 19.1. The normalized spacial score (nSPS) is 11.1. The van der Waals surface area contributed by atoms with Gasteiger partial charge in [-0.3, -0.25) is 10.1 Å². The van der Waals surface area contributed by atoms with E-state index in [-0.39, 0.29) is 11.6 Å². The highest BCUT2D eigenvalue weighted by Crippen LogP contribution is 2.34. The molecule has 3 aromatic heterocycles. The molecular formula is C21H22N8O3S3. The number of hydrogen-bond donors (Lipinski definition) is 2. The zero-order valence-corrected chi connectivity index (χ0v) is 21.5. The molecule has 3 heterocycles. The minimum absolute atomic E-state index is 0.265. The second-order valence-corrected chi connectivity index (χ2v) is 10.1. The van der Waals surface area contributed by atoms with E-state index >= 15 is 0 Å². The van der Waals surface area contributed by atoms with Gasteiger partial charge in [-0.05, 0) is 55.1 Å². The molecule has 2 N–H and O–H groups in total. The Kier molecular flexibility index (Phi) is 8.30. The average molecular weight is 531 g/mol. The number of amides is 1. The molecule has 0 unspecified atom stereocenters. The number of benzene rings is 1. The van der Waals surface area contributed by atoms with Crippen molar-refractivity contribution in [3.8, 4) is 5.75 Å². The lowest BCUT2D eigenvalue weighted by Crippen LogP contribution is -2.20. The van der Waals surface area contributed by atoms with Crippen molar-refractivity contribution in [3.05, 3.63) is 54.2 Å². The predicted octanol–water partition coefficient (Wildman–Crippen LogP) is 3.62. The number of pyridine rings is 1. The summed E-state index contributed by atoms with van der Waals surface area (Å²) >= 11 is 3.84. The van der Waals surface area contributed by atoms with E-state index < -0.39 is 0 Å². The third-order valence-electron chi connectivity index (χ3n) is 4.40. The predicted molar refractivity (Wildman–Crippen MR) is 132 cm³/mol. The van der Waals surface area contributed by atoms with Crippen LogP contribution >= 0.6 is 35.1 Å². The summed E-state index contributed by atoms with van der Waals surface area (Å²) in [6.45, 7) is 2.52. The Morgan fingerprint density at radius 1 is 1.20 bits per heavy atom. The second-order valence-electron chi connectivity index (χ2n) is 7.23. The van der Waals surface area contributed by atoms with Crippen LogP contribution in [0.2, 0.25) is 0 Å². The first-order chi connectivity index (χ1) is 16.9. The Hall–Kier alpha value is -3.04. The molecule has 11 nitrogen and oxygen atoms in total. The van der Waals surface area contributed by atoms with E-state index in [1.165, 1.54) is 23.5 Å². The summed E-state index contributed by atoms with van der Waals surface area (Å²) in [5, 5.41) is 22.7. The van der Waals surface area contributed by atoms with Gasteiger partial charge in [-0.2, -0.15) is 9.44 Å². The highest BCUT2D eigenvalue weighted by Gasteiger charge is 2.19. The van der Waals surface area contributed by atoms with Gasteiger partial charge in [-0.25, -0.2) is 9.97 Å². The first-order valence-electron chi connectivity index (χ1n) is 10.3. The molecule has 0 bridgehead atoms. The Labute approximate surface area is 214 Å². The van der Waals surface area contributed by atoms with Crippen LogP contribution in [0.25, 0.3) is 0 Å². The van der Waals surface area contributed by atoms with Crippen molar-refractivity contribution in [2.24, 2.45) is 7.05 Å². The molecule has 182 valence electrons. The number of nitrogens with one attached hydrogen (secondary N) is 1. The van der Waals surface area contributed by atoms with E-state index in [4.69, 9.17) is 4.74 Å². The van der Waals surface area contributed by atoms with Gasteiger partial charge >= 0.3 is 0 Å². The molecule has 0 atom stereocenters. The SMILES string of the molecule is Cc1nsc(NC(=O)c2nc(Sc3nncn3C)ccc2Sc2ccc(OCCN(C)O)cc2)n1. The lowest BCUT2D eigenvalue weighted by molar-refractivity contribution is -0.0713. The number of aryl methyl sites for hydroxylation is 2. The number of carbonyl (C=O) groups excluding carboxylic acids is 1. The topological polar surface area (TPSA) is 131 Å². The molecule has 0 saturated heterocycles. The summed E-state index contributed by atoms with van der Waals surface area (Å²) in [6.07, 6.45) is 1.60. The van der Waals surface area contributed by atoms with Crippen molar-refractivity contribution in [2.45, 2.75) is 26.9 Å². The fourth-order valence-corrected chi connectivity index (χ4v) is 4.93. The van der Waals surface area contributed by atoms with Crippen molar-refractivity contribution >= 4 is 46.1 Å². The first kappa shape index (κ1) is 25.1. The van der Waals surface area contributed by atoms with E-state index in [1.807, 2.05) is 43.4 Å². The fourth-order valence-electron chi connectivity index (χ4n) is 2.72. The third-order valence-corrected chi connectivity index (χ3v) is 7.16. The molecule has 0 aliphatic heterocycles. The monoisotopic (exact) mass is 530 g/mol. The van der Waals surface area contributed by atoms with Crippen molar-refractivity contribution in [1.29, 1.82) is 0 Å². The number of anilines is 1. The minimum Gasteiger partial charge on any atom is -0.492 e. The van der Waals surface area contributed by atoms with Crippen LogP contribution < -0.4 is 10.1 Å². The Bertz CT molecular complexity index is 1290. The highest BCUT2D eigenvalue weighted by molar-refractivity contribution is 7.99. The largest absolute Gasteiger partial charge is 0.492 e. The molecule has 0 aliphatic rings. The molecule has 0 saturated carbocycles. The molecule has 14 heteroatoms. The van der Waals surface area contributed by atoms with E-state index in [0.29, 0.717) is 44.9 Å². The van der Waals surface area contributed by atoms with Crippen LogP contribution in [0.15, 0.2) is 62.7 Å². The second kappa shape index (κ2) is 11.6. The van der Waals surface area contributed by atoms with Gasteiger partial charge in [0.05, 0.1) is 6.54 Å². The van der Waals surface area contributed by atoms with Crippen LogP contribution in [-0.2, 0) is 7.05 Å². The van der Waals surface area contributed by atoms with Gasteiger partial charge in [0, 0.05) is 35.4 Å². The number of rotatable bonds is 10. The standard InChI is InChI=1S/C21H22N8O3S3/c1-13-23-20(35-27-13)25-19(30)18-16(8-9-17(24-18)34-21-26-22-12-28(21)2)33-15-6-4-14(5-7-15)32-11-10-29(3)31/h4-9,12,31H,10-11H2,1-3H3,(H,23,25,27,30). The van der Waals surface area contributed by atoms with E-state index in [0.717, 1.165) is 21.5 Å². The number of carbonyl (C=O) groups is 1. The van der Waals surface area contributed by atoms with E-state index in [1.54, 1.807) is 24.9 Å². The van der Waals surface area contributed by atoms with Crippen LogP contribution in [0.1, 0.15) is 16.3 Å². The summed E-state index contributed by atoms with van der Waals surface area (Å²) in [5.74, 6) is 0.902. The number of ether oxygens (including phenoxy) is 1. The highest BCUT2D eigenvalue weighted by atomic mass is 32.2. The molecule has 1 aromatic carbocycles. The average Bonchev–Trinajstić information content (AvgIpc) is 3.43. The smallest absolute Gasteiger partial charge is 0.277 e. The summed E-state index contributed by atoms with van der Waals surface area (Å²) in [6, 6.07) is 11.2. The van der Waals surface area contributed by atoms with E-state index in [9.17, 15) is 10.0 Å². The number of hydroxylamine groups is 2. The Morgan fingerprint density at radius 2 is 2.00 bits per heavy atom. The van der Waals surface area contributed by atoms with Crippen molar-refractivity contribution in [2.75, 3.05) is 25.5 Å². The molecule has 35 heavy (non-hydrogen) atoms. The molecule has 1 amide bonds. The zero-order chi connectivity index (χ0) is 24.8. The lowest BCUT2D eigenvalue weighted by atomic mass is 10.3. The molecule has 0 fully saturated rings. The van der Waals surface area contributed by atoms with Gasteiger partial charge in [0.25, 0.3) is 5.91 Å². The molecule has 4 rings (SSSR count). The van der Waals surface area contributed by atoms with Crippen LogP contribution in [0.4, 0.5) is 5.13 Å². The maximum absolute atomic E-state index is 13.1. The van der Waals surface area contributed by atoms with E-state index in [2.05, 4.69) is 29.9 Å². The molecule has 0 spiro atoms. The summed E-state index contributed by atoms with van der Waals surface area (Å²) in [4.78, 5) is 23.6. The third kappa shape index (κ3) is 6.99. The quantitative estimate of drug-likeness (QED) is 0.291. The molecule has 0 radical (unpaired) electrons. The number of aromatic nitrogens is 6. The molecular weight excluding hydrogens is 508 g/mol. The van der Waals surface area contributed by atoms with Crippen LogP contribution in [-0.4, -0.2) is 65.5 Å². The molecule has 4 aromatic rings. The maximum atomic E-state index is 13.1. The molecule has 0 aliphatic carbocycles. The summed E-state index contributed by atoms with van der Waals surface area (Å²) in [7, 11) is 3.40. The van der Waals surface area contributed by atoms with Gasteiger partial charge in [-0.15, -0.1) is 10.2 Å². The number of nitrogens with zero attached hydrogens (tertiary/aromatic N) is 7. The van der Waals surface area contributed by atoms with Crippen LogP contribution in [0, 0.1) is 6.92 Å². The van der Waals surface area contributed by atoms with Crippen molar-refractivity contribution < 1.29 is 14.7 Å². The van der Waals surface area contributed by atoms with Crippen LogP contribution in [0.3, 0.4) is 0 Å². The first-order valence-corrected chi connectivity index (χ1v) is 12.7. The number of hydrogen-bond acceptors (Lipinski definition) is 12. The summed E-state index contributed by atoms with van der Waals surface area (Å²) in [5.41, 5.74) is 0.265. The minimum atomic E-state index is -0.378. The maximum Gasteiger partial charge on any atom is 0.277 e. The fraction of sp³-hybridized carbons (Fsp3) is 0.238. The van der Waals surface area contributed by atoms with Crippen molar-refractivity contribution in [1.82, 2.24) is 34.2 Å². The van der Waals surface area contributed by atoms with Gasteiger partial charge < -0.3 is 14.5 Å². The Morgan fingerprint density at radius 3 is 2.66 bits per heavy atom. The van der Waals surface area contributed by atoms with Gasteiger partial charge in [-0.1, -0.05) is 11.8 Å². The number of likely N-dealkylation sites (N-methyl/N-ethyl adjacent to an activating group) is 1. The van der Waals surface area contributed by atoms with Gasteiger partial charge in [0.2, 0.25) is 5.13 Å².